The highest BCUT2D eigenvalue weighted by atomic mass is 32.1. The quantitative estimate of drug-likeness (QED) is 0.262. The number of hydrogen-bond donors (Lipinski definition) is 2. The largest absolute Gasteiger partial charge is 0.491 e. The number of thiophene rings is 1. The number of para-hydroxylation sites is 1. The minimum absolute atomic E-state index is 0.146. The number of nitrogens with zero attached hydrogens (tertiary/aromatic N) is 2. The molecule has 5 rings (SSSR count). The lowest BCUT2D eigenvalue weighted by atomic mass is 10.0. The van der Waals surface area contributed by atoms with E-state index >= 15 is 0 Å². The van der Waals surface area contributed by atoms with Gasteiger partial charge in [0.15, 0.2) is 0 Å². The first-order chi connectivity index (χ1) is 18.0. The van der Waals surface area contributed by atoms with Gasteiger partial charge in [0.2, 0.25) is 0 Å². The molecule has 1 unspecified atom stereocenters. The van der Waals surface area contributed by atoms with Gasteiger partial charge in [-0.1, -0.05) is 42.5 Å². The summed E-state index contributed by atoms with van der Waals surface area (Å²) in [6, 6.07) is 19.5. The summed E-state index contributed by atoms with van der Waals surface area (Å²) < 4.78 is 11.4. The van der Waals surface area contributed by atoms with Gasteiger partial charge in [-0.2, -0.15) is 0 Å². The van der Waals surface area contributed by atoms with Crippen molar-refractivity contribution in [2.75, 3.05) is 13.2 Å². The molecule has 1 atom stereocenters. The van der Waals surface area contributed by atoms with Crippen molar-refractivity contribution in [1.82, 2.24) is 14.9 Å². The van der Waals surface area contributed by atoms with Gasteiger partial charge in [0.25, 0.3) is 5.56 Å². The fourth-order valence-electron chi connectivity index (χ4n) is 4.42. The van der Waals surface area contributed by atoms with Crippen LogP contribution in [-0.2, 0) is 13.1 Å². The molecule has 2 aromatic carbocycles. The second kappa shape index (κ2) is 11.1. The molecule has 190 valence electrons. The normalized spacial score (nSPS) is 12.3. The van der Waals surface area contributed by atoms with Crippen molar-refractivity contribution >= 4 is 21.6 Å². The lowest BCUT2D eigenvalue weighted by Crippen LogP contribution is -2.35. The number of rotatable bonds is 10. The smallest absolute Gasteiger partial charge is 0.260 e. The molecule has 7 nitrogen and oxygen atoms in total. The number of hydrogen-bond acceptors (Lipinski definition) is 7. The summed E-state index contributed by atoms with van der Waals surface area (Å²) in [4.78, 5) is 23.6. The number of aromatic amines is 1. The Morgan fingerprint density at radius 2 is 1.81 bits per heavy atom. The van der Waals surface area contributed by atoms with Crippen molar-refractivity contribution in [3.63, 3.8) is 0 Å². The fourth-order valence-corrected chi connectivity index (χ4v) is 5.37. The molecule has 0 aliphatic heterocycles. The van der Waals surface area contributed by atoms with Gasteiger partial charge in [0.05, 0.1) is 24.7 Å². The van der Waals surface area contributed by atoms with E-state index in [1.165, 1.54) is 11.3 Å². The molecule has 0 radical (unpaired) electrons. The lowest BCUT2D eigenvalue weighted by molar-refractivity contribution is 0.0593. The Bertz CT molecular complexity index is 1540. The molecule has 5 aromatic rings. The maximum absolute atomic E-state index is 13.2. The van der Waals surface area contributed by atoms with Crippen LogP contribution in [0.5, 0.6) is 5.75 Å². The van der Waals surface area contributed by atoms with E-state index in [1.54, 1.807) is 6.26 Å². The molecule has 37 heavy (non-hydrogen) atoms. The molecule has 0 spiro atoms. The van der Waals surface area contributed by atoms with Gasteiger partial charge in [-0.25, -0.2) is 4.98 Å². The zero-order valence-corrected chi connectivity index (χ0v) is 21.6. The minimum atomic E-state index is -0.751. The minimum Gasteiger partial charge on any atom is -0.491 e. The van der Waals surface area contributed by atoms with Crippen LogP contribution < -0.4 is 10.3 Å². The molecule has 0 aliphatic carbocycles. The van der Waals surface area contributed by atoms with Gasteiger partial charge in [0, 0.05) is 17.5 Å². The van der Waals surface area contributed by atoms with Gasteiger partial charge in [-0.15, -0.1) is 11.3 Å². The number of H-pyrrole nitrogens is 1. The Labute approximate surface area is 219 Å². The van der Waals surface area contributed by atoms with E-state index in [-0.39, 0.29) is 12.2 Å². The van der Waals surface area contributed by atoms with Crippen molar-refractivity contribution in [3.8, 4) is 16.9 Å². The van der Waals surface area contributed by atoms with Crippen LogP contribution in [0.15, 0.2) is 81.5 Å². The van der Waals surface area contributed by atoms with Gasteiger partial charge in [0.1, 0.15) is 34.9 Å². The van der Waals surface area contributed by atoms with E-state index < -0.39 is 6.10 Å². The average Bonchev–Trinajstić information content (AvgIpc) is 3.54. The highest BCUT2D eigenvalue weighted by Gasteiger charge is 2.19. The van der Waals surface area contributed by atoms with E-state index in [4.69, 9.17) is 14.1 Å². The van der Waals surface area contributed by atoms with Crippen LogP contribution in [0, 0.1) is 13.8 Å². The number of aliphatic hydroxyl groups excluding tert-OH is 1. The SMILES string of the molecule is Cc1ccccc1OCC(O)CN(Cc1nc2scc(-c3ccccc3C)c2c(=O)[nH]1)Cc1ccco1. The second-order valence-corrected chi connectivity index (χ2v) is 9.99. The summed E-state index contributed by atoms with van der Waals surface area (Å²) in [7, 11) is 0. The Balaban J connectivity index is 1.36. The highest BCUT2D eigenvalue weighted by molar-refractivity contribution is 7.17. The third-order valence-electron chi connectivity index (χ3n) is 6.25. The van der Waals surface area contributed by atoms with Gasteiger partial charge in [-0.05, 0) is 48.7 Å². The summed E-state index contributed by atoms with van der Waals surface area (Å²) in [6.07, 6.45) is 0.871. The van der Waals surface area contributed by atoms with E-state index in [9.17, 15) is 9.90 Å². The number of benzene rings is 2. The molecule has 8 heteroatoms. The predicted molar refractivity (Wildman–Crippen MR) is 146 cm³/mol. The zero-order valence-electron chi connectivity index (χ0n) is 20.8. The van der Waals surface area contributed by atoms with Crippen molar-refractivity contribution in [3.05, 3.63) is 105 Å². The van der Waals surface area contributed by atoms with Gasteiger partial charge in [-0.3, -0.25) is 9.69 Å². The molecule has 0 fully saturated rings. The average molecular weight is 516 g/mol. The van der Waals surface area contributed by atoms with Crippen LogP contribution in [0.1, 0.15) is 22.7 Å². The number of furan rings is 1. The van der Waals surface area contributed by atoms with Crippen molar-refractivity contribution in [1.29, 1.82) is 0 Å². The Morgan fingerprint density at radius 3 is 2.57 bits per heavy atom. The second-order valence-electron chi connectivity index (χ2n) is 9.14. The highest BCUT2D eigenvalue weighted by Crippen LogP contribution is 2.32. The maximum Gasteiger partial charge on any atom is 0.260 e. The first-order valence-electron chi connectivity index (χ1n) is 12.2. The Hall–Kier alpha value is -3.72. The lowest BCUT2D eigenvalue weighted by Gasteiger charge is -2.24. The first-order valence-corrected chi connectivity index (χ1v) is 13.0. The predicted octanol–water partition coefficient (Wildman–Crippen LogP) is 5.30. The van der Waals surface area contributed by atoms with E-state index in [2.05, 4.69) is 4.98 Å². The summed E-state index contributed by atoms with van der Waals surface area (Å²) in [5, 5.41) is 13.4. The Morgan fingerprint density at radius 1 is 1.03 bits per heavy atom. The van der Waals surface area contributed by atoms with Gasteiger partial charge < -0.3 is 19.2 Å². The summed E-state index contributed by atoms with van der Waals surface area (Å²) in [5.41, 5.74) is 3.89. The Kier molecular flexibility index (Phi) is 7.50. The fraction of sp³-hybridized carbons (Fsp3) is 0.241. The standard InChI is InChI=1S/C29H29N3O4S/c1-19-8-3-5-11-23(19)24-18-37-29-27(24)28(34)30-26(31-29)16-32(15-22-10-7-13-35-22)14-21(33)17-36-25-12-6-4-9-20(25)2/h3-13,18,21,33H,14-17H2,1-2H3,(H,30,31,34). The summed E-state index contributed by atoms with van der Waals surface area (Å²) in [6.45, 7) is 5.26. The molecule has 0 bridgehead atoms. The van der Waals surface area contributed by atoms with Crippen LogP contribution in [0.2, 0.25) is 0 Å². The zero-order chi connectivity index (χ0) is 25.8. The van der Waals surface area contributed by atoms with Crippen LogP contribution in [0.3, 0.4) is 0 Å². The molecule has 0 saturated carbocycles. The van der Waals surface area contributed by atoms with Crippen LogP contribution in [0.4, 0.5) is 0 Å². The third-order valence-corrected chi connectivity index (χ3v) is 7.13. The van der Waals surface area contributed by atoms with E-state index in [0.717, 1.165) is 33.8 Å². The number of aromatic nitrogens is 2. The van der Waals surface area contributed by atoms with E-state index in [1.807, 2.05) is 84.8 Å². The number of aryl methyl sites for hydroxylation is 2. The molecule has 3 heterocycles. The molecule has 2 N–H and O–H groups in total. The monoisotopic (exact) mass is 515 g/mol. The molecule has 0 saturated heterocycles. The van der Waals surface area contributed by atoms with E-state index in [0.29, 0.717) is 35.7 Å². The van der Waals surface area contributed by atoms with Crippen molar-refractivity contribution in [2.24, 2.45) is 0 Å². The topological polar surface area (TPSA) is 91.6 Å². The van der Waals surface area contributed by atoms with Gasteiger partial charge >= 0.3 is 0 Å². The summed E-state index contributed by atoms with van der Waals surface area (Å²) >= 11 is 1.46. The summed E-state index contributed by atoms with van der Waals surface area (Å²) in [5.74, 6) is 2.04. The molecular formula is C29H29N3O4S. The number of nitrogens with one attached hydrogen (secondary N) is 1. The number of ether oxygens (including phenoxy) is 1. The number of aliphatic hydroxyl groups is 1. The van der Waals surface area contributed by atoms with Crippen LogP contribution in [0.25, 0.3) is 21.3 Å². The molecular weight excluding hydrogens is 486 g/mol. The molecule has 0 amide bonds. The van der Waals surface area contributed by atoms with Crippen molar-refractivity contribution in [2.45, 2.75) is 33.0 Å². The van der Waals surface area contributed by atoms with Crippen LogP contribution >= 0.6 is 11.3 Å². The maximum atomic E-state index is 13.2. The number of fused-ring (bicyclic) bond motifs is 1. The molecule has 3 aromatic heterocycles. The van der Waals surface area contributed by atoms with Crippen LogP contribution in [-0.4, -0.2) is 39.2 Å². The first kappa shape index (κ1) is 25.0. The third kappa shape index (κ3) is 5.83. The molecule has 0 aliphatic rings. The van der Waals surface area contributed by atoms with Crippen molar-refractivity contribution < 1.29 is 14.3 Å².